The zero-order chi connectivity index (χ0) is 14.3. The maximum absolute atomic E-state index is 12.4. The van der Waals surface area contributed by atoms with E-state index in [1.807, 2.05) is 13.8 Å². The molecule has 1 aromatic carbocycles. The molecule has 0 aliphatic carbocycles. The SMILES string of the molecule is CCO[SiH](CCc1ccc(C(F)(F)F)cc1)OCC. The van der Waals surface area contributed by atoms with E-state index in [1.165, 1.54) is 12.1 Å². The van der Waals surface area contributed by atoms with E-state index in [0.29, 0.717) is 19.6 Å². The number of hydrogen-bond donors (Lipinski definition) is 0. The van der Waals surface area contributed by atoms with E-state index in [2.05, 4.69) is 0 Å². The normalized spacial score (nSPS) is 12.1. The van der Waals surface area contributed by atoms with Gasteiger partial charge in [0.1, 0.15) is 0 Å². The van der Waals surface area contributed by atoms with Crippen LogP contribution in [0, 0.1) is 0 Å². The number of aryl methyl sites for hydroxylation is 1. The zero-order valence-electron chi connectivity index (χ0n) is 11.2. The van der Waals surface area contributed by atoms with Crippen molar-refractivity contribution in [2.45, 2.75) is 32.5 Å². The fourth-order valence-corrected chi connectivity index (χ4v) is 3.47. The summed E-state index contributed by atoms with van der Waals surface area (Å²) in [6.07, 6.45) is -3.58. The summed E-state index contributed by atoms with van der Waals surface area (Å²) < 4.78 is 48.2. The third-order valence-corrected chi connectivity index (χ3v) is 4.83. The van der Waals surface area contributed by atoms with E-state index < -0.39 is 21.0 Å². The smallest absolute Gasteiger partial charge is 0.397 e. The Bertz CT molecular complexity index is 359. The first kappa shape index (κ1) is 16.2. The van der Waals surface area contributed by atoms with Gasteiger partial charge in [0.05, 0.1) is 5.56 Å². The van der Waals surface area contributed by atoms with Crippen LogP contribution < -0.4 is 0 Å². The molecule has 1 rings (SSSR count). The van der Waals surface area contributed by atoms with Gasteiger partial charge in [0, 0.05) is 13.2 Å². The molecule has 108 valence electrons. The predicted molar refractivity (Wildman–Crippen MR) is 70.4 cm³/mol. The molecule has 0 saturated heterocycles. The first-order valence-electron chi connectivity index (χ1n) is 6.36. The lowest BCUT2D eigenvalue weighted by molar-refractivity contribution is -0.137. The van der Waals surface area contributed by atoms with Crippen molar-refractivity contribution in [3.05, 3.63) is 35.4 Å². The van der Waals surface area contributed by atoms with Crippen LogP contribution in [-0.4, -0.2) is 22.5 Å². The number of rotatable bonds is 7. The molecule has 0 aromatic heterocycles. The molecule has 0 unspecified atom stereocenters. The van der Waals surface area contributed by atoms with Crippen molar-refractivity contribution in [3.8, 4) is 0 Å². The van der Waals surface area contributed by atoms with Crippen molar-refractivity contribution in [2.75, 3.05) is 13.2 Å². The Hall–Kier alpha value is -0.853. The second-order valence-electron chi connectivity index (χ2n) is 4.07. The van der Waals surface area contributed by atoms with Crippen LogP contribution in [0.15, 0.2) is 24.3 Å². The Labute approximate surface area is 113 Å². The van der Waals surface area contributed by atoms with Crippen LogP contribution in [0.3, 0.4) is 0 Å². The van der Waals surface area contributed by atoms with Gasteiger partial charge in [-0.25, -0.2) is 0 Å². The van der Waals surface area contributed by atoms with Crippen molar-refractivity contribution in [1.29, 1.82) is 0 Å². The maximum Gasteiger partial charge on any atom is 0.416 e. The molecule has 0 radical (unpaired) electrons. The largest absolute Gasteiger partial charge is 0.416 e. The van der Waals surface area contributed by atoms with Crippen molar-refractivity contribution >= 4 is 9.28 Å². The monoisotopic (exact) mass is 292 g/mol. The molecule has 19 heavy (non-hydrogen) atoms. The average molecular weight is 292 g/mol. The quantitative estimate of drug-likeness (QED) is 0.716. The number of benzene rings is 1. The summed E-state index contributed by atoms with van der Waals surface area (Å²) in [7, 11) is -1.67. The van der Waals surface area contributed by atoms with Crippen LogP contribution >= 0.6 is 0 Å². The lowest BCUT2D eigenvalue weighted by Gasteiger charge is -2.14. The molecule has 0 bridgehead atoms. The third-order valence-electron chi connectivity index (χ3n) is 2.66. The molecule has 0 aliphatic heterocycles. The highest BCUT2D eigenvalue weighted by Crippen LogP contribution is 2.29. The second-order valence-corrected chi connectivity index (χ2v) is 6.18. The lowest BCUT2D eigenvalue weighted by atomic mass is 10.1. The summed E-state index contributed by atoms with van der Waals surface area (Å²) in [5, 5.41) is 0. The van der Waals surface area contributed by atoms with Gasteiger partial charge in [-0.1, -0.05) is 12.1 Å². The topological polar surface area (TPSA) is 18.5 Å². The molecule has 2 nitrogen and oxygen atoms in total. The highest BCUT2D eigenvalue weighted by molar-refractivity contribution is 6.44. The summed E-state index contributed by atoms with van der Waals surface area (Å²) in [5.74, 6) is 0. The maximum atomic E-state index is 12.4. The molecule has 0 fully saturated rings. The van der Waals surface area contributed by atoms with Crippen molar-refractivity contribution in [2.24, 2.45) is 0 Å². The molecule has 0 spiro atoms. The molecule has 6 heteroatoms. The van der Waals surface area contributed by atoms with Gasteiger partial charge in [-0.05, 0) is 44.0 Å². The molecule has 1 aromatic rings. The van der Waals surface area contributed by atoms with Gasteiger partial charge in [0.2, 0.25) is 0 Å². The molecule has 0 amide bonds. The van der Waals surface area contributed by atoms with Crippen LogP contribution in [0.5, 0.6) is 0 Å². The predicted octanol–water partition coefficient (Wildman–Crippen LogP) is 3.54. The number of hydrogen-bond acceptors (Lipinski definition) is 2. The van der Waals surface area contributed by atoms with E-state index in [-0.39, 0.29) is 0 Å². The minimum atomic E-state index is -4.27. The summed E-state index contributed by atoms with van der Waals surface area (Å²) in [4.78, 5) is 0. The summed E-state index contributed by atoms with van der Waals surface area (Å²) in [6, 6.07) is 6.05. The minimum Gasteiger partial charge on any atom is -0.397 e. The van der Waals surface area contributed by atoms with Crippen LogP contribution in [0.25, 0.3) is 0 Å². The Balaban J connectivity index is 2.53. The van der Waals surface area contributed by atoms with Crippen molar-refractivity contribution in [1.82, 2.24) is 0 Å². The molecular weight excluding hydrogens is 273 g/mol. The number of halogens is 3. The van der Waals surface area contributed by atoms with Crippen LogP contribution in [-0.2, 0) is 21.4 Å². The molecule has 0 aliphatic rings. The Morgan fingerprint density at radius 3 is 1.95 bits per heavy atom. The molecular formula is C13H19F3O2Si. The fourth-order valence-electron chi connectivity index (χ4n) is 1.73. The average Bonchev–Trinajstić information content (AvgIpc) is 2.36. The standard InChI is InChI=1S/C13H19F3O2Si/c1-3-17-19(18-4-2)10-9-11-5-7-12(8-6-11)13(14,15)16/h5-8,19H,3-4,9-10H2,1-2H3. The molecule has 0 saturated carbocycles. The van der Waals surface area contributed by atoms with Gasteiger partial charge >= 0.3 is 15.5 Å². The van der Waals surface area contributed by atoms with E-state index in [9.17, 15) is 13.2 Å². The zero-order valence-corrected chi connectivity index (χ0v) is 12.3. The van der Waals surface area contributed by atoms with Gasteiger partial charge in [0.25, 0.3) is 0 Å². The molecule has 0 heterocycles. The summed E-state index contributed by atoms with van der Waals surface area (Å²) in [5.41, 5.74) is 0.268. The van der Waals surface area contributed by atoms with Gasteiger partial charge < -0.3 is 8.85 Å². The summed E-state index contributed by atoms with van der Waals surface area (Å²) >= 11 is 0. The minimum absolute atomic E-state index is 0.611. The Kier molecular flexibility index (Phi) is 6.54. The van der Waals surface area contributed by atoms with Gasteiger partial charge in [-0.2, -0.15) is 13.2 Å². The van der Waals surface area contributed by atoms with Crippen molar-refractivity contribution < 1.29 is 22.0 Å². The molecule has 0 atom stereocenters. The van der Waals surface area contributed by atoms with Gasteiger partial charge in [-0.3, -0.25) is 0 Å². The highest BCUT2D eigenvalue weighted by atomic mass is 28.3. The first-order chi connectivity index (χ1) is 8.97. The van der Waals surface area contributed by atoms with Crippen LogP contribution in [0.1, 0.15) is 25.0 Å². The number of alkyl halides is 3. The summed E-state index contributed by atoms with van der Waals surface area (Å²) in [6.45, 7) is 5.06. The fraction of sp³-hybridized carbons (Fsp3) is 0.538. The van der Waals surface area contributed by atoms with E-state index in [4.69, 9.17) is 8.85 Å². The first-order valence-corrected chi connectivity index (χ1v) is 8.12. The Morgan fingerprint density at radius 2 is 1.53 bits per heavy atom. The van der Waals surface area contributed by atoms with Crippen LogP contribution in [0.4, 0.5) is 13.2 Å². The third kappa shape index (κ3) is 5.75. The van der Waals surface area contributed by atoms with Gasteiger partial charge in [0.15, 0.2) is 0 Å². The van der Waals surface area contributed by atoms with Gasteiger partial charge in [-0.15, -0.1) is 0 Å². The highest BCUT2D eigenvalue weighted by Gasteiger charge is 2.29. The van der Waals surface area contributed by atoms with Crippen molar-refractivity contribution in [3.63, 3.8) is 0 Å². The van der Waals surface area contributed by atoms with Crippen LogP contribution in [0.2, 0.25) is 6.04 Å². The molecule has 0 N–H and O–H groups in total. The lowest BCUT2D eigenvalue weighted by Crippen LogP contribution is -2.23. The van der Waals surface area contributed by atoms with E-state index >= 15 is 0 Å². The van der Waals surface area contributed by atoms with E-state index in [0.717, 1.165) is 23.7 Å². The second kappa shape index (κ2) is 7.67. The Morgan fingerprint density at radius 1 is 1.00 bits per heavy atom. The van der Waals surface area contributed by atoms with E-state index in [1.54, 1.807) is 0 Å².